The van der Waals surface area contributed by atoms with Crippen LogP contribution in [0.4, 0.5) is 0 Å². The summed E-state index contributed by atoms with van der Waals surface area (Å²) in [4.78, 5) is 0. The molecular weight excluding hydrogens is 238 g/mol. The second-order valence-corrected chi connectivity index (χ2v) is 8.12. The van der Waals surface area contributed by atoms with Gasteiger partial charge in [-0.1, -0.05) is 27.2 Å². The number of hydrogen-bond donors (Lipinski definition) is 1. The third-order valence-electron chi connectivity index (χ3n) is 5.38. The van der Waals surface area contributed by atoms with Crippen molar-refractivity contribution in [3.05, 3.63) is 0 Å². The molecule has 1 atom stereocenters. The Morgan fingerprint density at radius 3 is 2.33 bits per heavy atom. The van der Waals surface area contributed by atoms with Crippen LogP contribution in [0.3, 0.4) is 0 Å². The molecule has 2 aliphatic rings. The predicted octanol–water partition coefficient (Wildman–Crippen LogP) is 4.47. The first-order chi connectivity index (χ1) is 8.62. The Kier molecular flexibility index (Phi) is 5.44. The van der Waals surface area contributed by atoms with Gasteiger partial charge in [-0.25, -0.2) is 0 Å². The molecule has 1 unspecified atom stereocenters. The van der Waals surface area contributed by atoms with Gasteiger partial charge in [0.25, 0.3) is 0 Å². The molecule has 2 heteroatoms. The molecule has 0 aromatic carbocycles. The summed E-state index contributed by atoms with van der Waals surface area (Å²) in [7, 11) is 0. The van der Waals surface area contributed by atoms with Crippen LogP contribution < -0.4 is 5.32 Å². The fourth-order valence-corrected chi connectivity index (χ4v) is 4.62. The number of thioether (sulfide) groups is 1. The van der Waals surface area contributed by atoms with Gasteiger partial charge < -0.3 is 5.32 Å². The Bertz CT molecular complexity index is 237. The average Bonchev–Trinajstić information content (AvgIpc) is 2.40. The van der Waals surface area contributed by atoms with E-state index in [0.717, 1.165) is 18.0 Å². The van der Waals surface area contributed by atoms with Crippen LogP contribution in [0.5, 0.6) is 0 Å². The van der Waals surface area contributed by atoms with Crippen LogP contribution in [0, 0.1) is 11.3 Å². The lowest BCUT2D eigenvalue weighted by Crippen LogP contribution is -2.44. The predicted molar refractivity (Wildman–Crippen MR) is 83.3 cm³/mol. The van der Waals surface area contributed by atoms with Crippen molar-refractivity contribution in [2.45, 2.75) is 77.8 Å². The maximum absolute atomic E-state index is 3.93. The second-order valence-electron chi connectivity index (χ2n) is 6.97. The zero-order valence-electron chi connectivity index (χ0n) is 12.5. The van der Waals surface area contributed by atoms with Gasteiger partial charge in [0.05, 0.1) is 0 Å². The fourth-order valence-electron chi connectivity index (χ4n) is 3.54. The molecule has 2 rings (SSSR count). The van der Waals surface area contributed by atoms with Crippen molar-refractivity contribution >= 4 is 11.8 Å². The van der Waals surface area contributed by atoms with Crippen molar-refractivity contribution in [2.75, 3.05) is 11.5 Å². The lowest BCUT2D eigenvalue weighted by atomic mass is 9.69. The minimum Gasteiger partial charge on any atom is -0.310 e. The molecule has 1 saturated heterocycles. The summed E-state index contributed by atoms with van der Waals surface area (Å²) in [6, 6.07) is 1.63. The molecule has 1 aliphatic carbocycles. The van der Waals surface area contributed by atoms with E-state index in [9.17, 15) is 0 Å². The van der Waals surface area contributed by atoms with Crippen molar-refractivity contribution in [3.8, 4) is 0 Å². The lowest BCUT2D eigenvalue weighted by Gasteiger charge is -2.40. The lowest BCUT2D eigenvalue weighted by molar-refractivity contribution is 0.134. The average molecular weight is 269 g/mol. The van der Waals surface area contributed by atoms with E-state index in [1.165, 1.54) is 56.5 Å². The first-order valence-corrected chi connectivity index (χ1v) is 9.11. The van der Waals surface area contributed by atoms with Crippen LogP contribution >= 0.6 is 11.8 Å². The minimum absolute atomic E-state index is 0.561. The molecule has 0 bridgehead atoms. The Morgan fingerprint density at radius 2 is 1.78 bits per heavy atom. The molecule has 1 nitrogen and oxygen atoms in total. The fraction of sp³-hybridized carbons (Fsp3) is 1.00. The van der Waals surface area contributed by atoms with Crippen LogP contribution in [0.25, 0.3) is 0 Å². The minimum atomic E-state index is 0.561. The Balaban J connectivity index is 1.73. The van der Waals surface area contributed by atoms with Gasteiger partial charge in [-0.15, -0.1) is 0 Å². The molecule has 2 fully saturated rings. The van der Waals surface area contributed by atoms with E-state index in [1.807, 2.05) is 0 Å². The largest absolute Gasteiger partial charge is 0.310 e. The van der Waals surface area contributed by atoms with E-state index in [0.29, 0.717) is 5.41 Å². The normalized spacial score (nSPS) is 34.5. The highest BCUT2D eigenvalue weighted by Crippen LogP contribution is 2.40. The smallest absolute Gasteiger partial charge is 0.0161 e. The van der Waals surface area contributed by atoms with Crippen molar-refractivity contribution in [2.24, 2.45) is 11.3 Å². The topological polar surface area (TPSA) is 12.0 Å². The molecule has 0 spiro atoms. The quantitative estimate of drug-likeness (QED) is 0.808. The van der Waals surface area contributed by atoms with Gasteiger partial charge in [-0.05, 0) is 55.6 Å². The SMILES string of the molecule is CCC(C)(C)C1CCC(NC2CCCSC2)CC1. The summed E-state index contributed by atoms with van der Waals surface area (Å²) in [6.07, 6.45) is 9.87. The summed E-state index contributed by atoms with van der Waals surface area (Å²) in [5.41, 5.74) is 0.561. The number of hydrogen-bond acceptors (Lipinski definition) is 2. The van der Waals surface area contributed by atoms with Gasteiger partial charge in [0, 0.05) is 17.8 Å². The van der Waals surface area contributed by atoms with Gasteiger partial charge in [0.2, 0.25) is 0 Å². The third kappa shape index (κ3) is 3.90. The van der Waals surface area contributed by atoms with Crippen molar-refractivity contribution in [1.29, 1.82) is 0 Å². The monoisotopic (exact) mass is 269 g/mol. The molecule has 0 aromatic heterocycles. The molecule has 18 heavy (non-hydrogen) atoms. The molecule has 1 N–H and O–H groups in total. The van der Waals surface area contributed by atoms with Crippen LogP contribution in [-0.4, -0.2) is 23.6 Å². The van der Waals surface area contributed by atoms with Crippen LogP contribution in [0.15, 0.2) is 0 Å². The van der Waals surface area contributed by atoms with Gasteiger partial charge in [0.1, 0.15) is 0 Å². The first-order valence-electron chi connectivity index (χ1n) is 7.95. The molecule has 0 amide bonds. The maximum atomic E-state index is 3.93. The van der Waals surface area contributed by atoms with E-state index in [1.54, 1.807) is 0 Å². The summed E-state index contributed by atoms with van der Waals surface area (Å²) in [5.74, 6) is 3.69. The zero-order chi connectivity index (χ0) is 13.0. The first kappa shape index (κ1) is 14.7. The highest BCUT2D eigenvalue weighted by molar-refractivity contribution is 7.99. The van der Waals surface area contributed by atoms with E-state index in [2.05, 4.69) is 37.8 Å². The maximum Gasteiger partial charge on any atom is 0.0161 e. The van der Waals surface area contributed by atoms with E-state index < -0.39 is 0 Å². The van der Waals surface area contributed by atoms with Gasteiger partial charge in [-0.2, -0.15) is 11.8 Å². The van der Waals surface area contributed by atoms with Crippen molar-refractivity contribution in [1.82, 2.24) is 5.32 Å². The summed E-state index contributed by atoms with van der Waals surface area (Å²) < 4.78 is 0. The second kappa shape index (κ2) is 6.65. The molecular formula is C16H31NS. The van der Waals surface area contributed by atoms with E-state index >= 15 is 0 Å². The number of nitrogens with one attached hydrogen (secondary N) is 1. The van der Waals surface area contributed by atoms with Crippen LogP contribution in [0.2, 0.25) is 0 Å². The molecule has 1 heterocycles. The Labute approximate surface area is 118 Å². The van der Waals surface area contributed by atoms with Crippen LogP contribution in [0.1, 0.15) is 65.7 Å². The van der Waals surface area contributed by atoms with Gasteiger partial charge >= 0.3 is 0 Å². The van der Waals surface area contributed by atoms with Crippen molar-refractivity contribution < 1.29 is 0 Å². The van der Waals surface area contributed by atoms with E-state index in [4.69, 9.17) is 0 Å². The Hall–Kier alpha value is 0.310. The van der Waals surface area contributed by atoms with Crippen LogP contribution in [-0.2, 0) is 0 Å². The van der Waals surface area contributed by atoms with Gasteiger partial charge in [0.15, 0.2) is 0 Å². The van der Waals surface area contributed by atoms with Gasteiger partial charge in [-0.3, -0.25) is 0 Å². The third-order valence-corrected chi connectivity index (χ3v) is 6.59. The summed E-state index contributed by atoms with van der Waals surface area (Å²) in [6.45, 7) is 7.27. The van der Waals surface area contributed by atoms with E-state index in [-0.39, 0.29) is 0 Å². The standard InChI is InChI=1S/C16H31NS/c1-4-16(2,3)13-7-9-14(10-8-13)17-15-6-5-11-18-12-15/h13-15,17H,4-12H2,1-3H3. The highest BCUT2D eigenvalue weighted by Gasteiger charge is 2.32. The van der Waals surface area contributed by atoms with Crippen molar-refractivity contribution in [3.63, 3.8) is 0 Å². The summed E-state index contributed by atoms with van der Waals surface area (Å²) >= 11 is 2.14. The molecule has 106 valence electrons. The number of rotatable bonds is 4. The molecule has 0 radical (unpaired) electrons. The zero-order valence-corrected chi connectivity index (χ0v) is 13.3. The summed E-state index contributed by atoms with van der Waals surface area (Å²) in [5, 5.41) is 3.93. The molecule has 1 aliphatic heterocycles. The highest BCUT2D eigenvalue weighted by atomic mass is 32.2. The molecule has 1 saturated carbocycles. The Morgan fingerprint density at radius 1 is 1.06 bits per heavy atom. The molecule has 0 aromatic rings.